The zero-order valence-electron chi connectivity index (χ0n) is 11.5. The van der Waals surface area contributed by atoms with Crippen molar-refractivity contribution in [2.45, 2.75) is 37.4 Å². The lowest BCUT2D eigenvalue weighted by molar-refractivity contribution is -0.101. The molecule has 1 saturated heterocycles. The van der Waals surface area contributed by atoms with Crippen molar-refractivity contribution >= 4 is 0 Å². The van der Waals surface area contributed by atoms with E-state index in [2.05, 4.69) is 17.8 Å². The number of hydrogen-bond donors (Lipinski definition) is 4. The smallest absolute Gasteiger partial charge is 0.179 e. The maximum atomic E-state index is 10.4. The molecule has 2 aliphatic heterocycles. The fourth-order valence-corrected chi connectivity index (χ4v) is 2.69. The molecule has 2 aliphatic rings. The lowest BCUT2D eigenvalue weighted by atomic mass is 9.89. The summed E-state index contributed by atoms with van der Waals surface area (Å²) in [6.07, 6.45) is 7.87. The van der Waals surface area contributed by atoms with E-state index in [9.17, 15) is 10.2 Å². The molecule has 2 heterocycles. The van der Waals surface area contributed by atoms with Gasteiger partial charge in [0, 0.05) is 12.1 Å². The van der Waals surface area contributed by atoms with E-state index >= 15 is 0 Å². The van der Waals surface area contributed by atoms with Gasteiger partial charge in [0.25, 0.3) is 0 Å². The van der Waals surface area contributed by atoms with E-state index in [0.29, 0.717) is 12.2 Å². The first kappa shape index (κ1) is 14.9. The number of rotatable bonds is 3. The third kappa shape index (κ3) is 2.19. The van der Waals surface area contributed by atoms with Crippen molar-refractivity contribution in [3.05, 3.63) is 24.7 Å². The summed E-state index contributed by atoms with van der Waals surface area (Å²) in [5.74, 6) is 2.72. The Morgan fingerprint density at radius 3 is 2.90 bits per heavy atom. The van der Waals surface area contributed by atoms with Gasteiger partial charge in [-0.3, -0.25) is 0 Å². The monoisotopic (exact) mass is 279 g/mol. The topological polar surface area (TPSA) is 91.0 Å². The third-order valence-electron chi connectivity index (χ3n) is 3.90. The first-order chi connectivity index (χ1) is 9.49. The van der Waals surface area contributed by atoms with E-state index < -0.39 is 24.5 Å². The molecule has 0 aromatic carbocycles. The molecular formula is C14H21N3O3. The fourth-order valence-electron chi connectivity index (χ4n) is 2.69. The number of ether oxygens (including phenoxy) is 1. The highest BCUT2D eigenvalue weighted by Gasteiger charge is 2.54. The average molecular weight is 279 g/mol. The Morgan fingerprint density at radius 1 is 1.70 bits per heavy atom. The molecule has 0 radical (unpaired) electrons. The molecule has 0 aromatic rings. The number of aliphatic hydroxyl groups is 2. The minimum atomic E-state index is -1.38. The van der Waals surface area contributed by atoms with Crippen molar-refractivity contribution in [3.63, 3.8) is 0 Å². The number of nitrogens with zero attached hydrogens (tertiary/aromatic N) is 1. The molecule has 0 bridgehead atoms. The molecule has 1 fully saturated rings. The summed E-state index contributed by atoms with van der Waals surface area (Å²) in [4.78, 5) is 1.75. The number of hydrogen-bond acceptors (Lipinski definition) is 6. The van der Waals surface area contributed by atoms with E-state index in [1.54, 1.807) is 17.2 Å². The van der Waals surface area contributed by atoms with Crippen LogP contribution in [-0.2, 0) is 4.74 Å². The van der Waals surface area contributed by atoms with Gasteiger partial charge in [0.05, 0.1) is 12.8 Å². The number of nitrogens with two attached hydrogens (primary N) is 1. The molecule has 5 atom stereocenters. The lowest BCUT2D eigenvalue weighted by Crippen LogP contribution is -2.48. The molecule has 0 saturated carbocycles. The second kappa shape index (κ2) is 5.46. The summed E-state index contributed by atoms with van der Waals surface area (Å²) in [6, 6.07) is 0. The molecular weight excluding hydrogens is 258 g/mol. The normalized spacial score (nSPS) is 40.5. The molecule has 0 aromatic heterocycles. The van der Waals surface area contributed by atoms with Crippen molar-refractivity contribution in [1.82, 2.24) is 10.2 Å². The zero-order chi connectivity index (χ0) is 14.9. The Morgan fingerprint density at radius 2 is 2.40 bits per heavy atom. The van der Waals surface area contributed by atoms with Crippen LogP contribution in [0.5, 0.6) is 0 Å². The van der Waals surface area contributed by atoms with Gasteiger partial charge in [-0.15, -0.1) is 6.42 Å². The summed E-state index contributed by atoms with van der Waals surface area (Å²) in [7, 11) is 0. The van der Waals surface area contributed by atoms with E-state index in [4.69, 9.17) is 16.9 Å². The SMILES string of the molecule is C#C[C@]1(CO)O[C@@H](N2C=CC(N)NC2=C)[C@@H](CC)[C@@H]1O. The number of nitrogens with one attached hydrogen (secondary N) is 1. The van der Waals surface area contributed by atoms with Gasteiger partial charge in [-0.25, -0.2) is 0 Å². The molecule has 110 valence electrons. The molecule has 0 aliphatic carbocycles. The molecule has 6 heteroatoms. The van der Waals surface area contributed by atoms with Crippen LogP contribution < -0.4 is 11.1 Å². The second-order valence-electron chi connectivity index (χ2n) is 5.08. The first-order valence-electron chi connectivity index (χ1n) is 6.61. The first-order valence-corrected chi connectivity index (χ1v) is 6.61. The van der Waals surface area contributed by atoms with E-state index in [1.807, 2.05) is 6.92 Å². The van der Waals surface area contributed by atoms with Crippen LogP contribution in [0.4, 0.5) is 0 Å². The van der Waals surface area contributed by atoms with Gasteiger partial charge in [-0.2, -0.15) is 0 Å². The maximum Gasteiger partial charge on any atom is 0.179 e. The minimum absolute atomic E-state index is 0.240. The molecule has 0 amide bonds. The largest absolute Gasteiger partial charge is 0.392 e. The molecule has 20 heavy (non-hydrogen) atoms. The summed E-state index contributed by atoms with van der Waals surface area (Å²) in [6.45, 7) is 5.39. The van der Waals surface area contributed by atoms with E-state index in [-0.39, 0.29) is 12.1 Å². The highest BCUT2D eigenvalue weighted by atomic mass is 16.6. The van der Waals surface area contributed by atoms with E-state index in [0.717, 1.165) is 0 Å². The molecule has 5 N–H and O–H groups in total. The maximum absolute atomic E-state index is 10.4. The van der Waals surface area contributed by atoms with Crippen molar-refractivity contribution < 1.29 is 14.9 Å². The van der Waals surface area contributed by atoms with E-state index in [1.165, 1.54) is 0 Å². The minimum Gasteiger partial charge on any atom is -0.392 e. The Labute approximate surface area is 118 Å². The predicted octanol–water partition coefficient (Wildman–Crippen LogP) is -0.731. The zero-order valence-corrected chi connectivity index (χ0v) is 11.5. The third-order valence-corrected chi connectivity index (χ3v) is 3.90. The van der Waals surface area contributed by atoms with Crippen molar-refractivity contribution in [2.24, 2.45) is 11.7 Å². The van der Waals surface area contributed by atoms with Crippen LogP contribution in [0, 0.1) is 18.3 Å². The second-order valence-corrected chi connectivity index (χ2v) is 5.08. The van der Waals surface area contributed by atoms with Gasteiger partial charge in [0.15, 0.2) is 5.60 Å². The Balaban J connectivity index is 2.30. The van der Waals surface area contributed by atoms with Crippen LogP contribution in [0.1, 0.15) is 13.3 Å². The van der Waals surface area contributed by atoms with Crippen LogP contribution in [0.2, 0.25) is 0 Å². The van der Waals surface area contributed by atoms with Crippen LogP contribution in [0.15, 0.2) is 24.7 Å². The summed E-state index contributed by atoms with van der Waals surface area (Å²) in [5.41, 5.74) is 4.36. The fraction of sp³-hybridized carbons (Fsp3) is 0.571. The summed E-state index contributed by atoms with van der Waals surface area (Å²) in [5, 5.41) is 22.9. The average Bonchev–Trinajstić information content (AvgIpc) is 2.71. The molecule has 0 spiro atoms. The van der Waals surface area contributed by atoms with Gasteiger partial charge in [-0.1, -0.05) is 19.4 Å². The summed E-state index contributed by atoms with van der Waals surface area (Å²) >= 11 is 0. The van der Waals surface area contributed by atoms with Crippen LogP contribution in [0.25, 0.3) is 0 Å². The number of aliphatic hydroxyl groups excluding tert-OH is 2. The van der Waals surface area contributed by atoms with Gasteiger partial charge in [0.2, 0.25) is 0 Å². The lowest BCUT2D eigenvalue weighted by Gasteiger charge is -2.36. The van der Waals surface area contributed by atoms with Gasteiger partial charge >= 0.3 is 0 Å². The highest BCUT2D eigenvalue weighted by molar-refractivity contribution is 5.20. The predicted molar refractivity (Wildman–Crippen MR) is 74.5 cm³/mol. The highest BCUT2D eigenvalue weighted by Crippen LogP contribution is 2.39. The van der Waals surface area contributed by atoms with Crippen molar-refractivity contribution in [2.75, 3.05) is 6.61 Å². The number of terminal acetylenes is 1. The van der Waals surface area contributed by atoms with Gasteiger partial charge in [0.1, 0.15) is 18.2 Å². The molecule has 1 unspecified atom stereocenters. The summed E-state index contributed by atoms with van der Waals surface area (Å²) < 4.78 is 5.81. The molecule has 2 rings (SSSR count). The van der Waals surface area contributed by atoms with Gasteiger partial charge in [-0.05, 0) is 12.5 Å². The Bertz CT molecular complexity index is 459. The van der Waals surface area contributed by atoms with Crippen LogP contribution >= 0.6 is 0 Å². The Kier molecular flexibility index (Phi) is 4.06. The van der Waals surface area contributed by atoms with Gasteiger partial charge < -0.3 is 30.9 Å². The molecule has 6 nitrogen and oxygen atoms in total. The quantitative estimate of drug-likeness (QED) is 0.509. The standard InChI is InChI=1S/C14H21N3O3/c1-4-10-12(19)14(5-2,8-18)20-13(10)17-7-6-11(15)16-9(17)3/h2,6-7,10-13,16,18-19H,3-4,8,15H2,1H3/t10-,11?,12-,13+,14+/m0/s1. The van der Waals surface area contributed by atoms with Crippen molar-refractivity contribution in [3.8, 4) is 12.3 Å². The van der Waals surface area contributed by atoms with Crippen molar-refractivity contribution in [1.29, 1.82) is 0 Å². The van der Waals surface area contributed by atoms with Crippen LogP contribution in [-0.4, -0.2) is 45.8 Å². The Hall–Kier alpha value is -1.52. The van der Waals surface area contributed by atoms with Crippen LogP contribution in [0.3, 0.4) is 0 Å².